The van der Waals surface area contributed by atoms with Crippen LogP contribution in [0.3, 0.4) is 0 Å². The normalized spacial score (nSPS) is 16.5. The largest absolute Gasteiger partial charge is 0.493 e. The number of methoxy groups -OCH3 is 2. The highest BCUT2D eigenvalue weighted by Crippen LogP contribution is 2.49. The summed E-state index contributed by atoms with van der Waals surface area (Å²) in [4.78, 5) is 11.3. The van der Waals surface area contributed by atoms with E-state index in [4.69, 9.17) is 25.8 Å². The van der Waals surface area contributed by atoms with E-state index in [2.05, 4.69) is 17.2 Å². The number of aromatic carboxylic acids is 1. The Kier molecular flexibility index (Phi) is 6.67. The molecule has 184 valence electrons. The van der Waals surface area contributed by atoms with Crippen LogP contribution < -0.4 is 9.47 Å². The van der Waals surface area contributed by atoms with Gasteiger partial charge in [0.05, 0.1) is 32.1 Å². The Morgan fingerprint density at radius 1 is 1.03 bits per heavy atom. The average molecular weight is 505 g/mol. The molecule has 1 aromatic heterocycles. The van der Waals surface area contributed by atoms with Gasteiger partial charge >= 0.3 is 5.97 Å². The van der Waals surface area contributed by atoms with Gasteiger partial charge in [-0.15, -0.1) is 0 Å². The van der Waals surface area contributed by atoms with E-state index in [1.807, 2.05) is 48.5 Å². The first-order chi connectivity index (χ1) is 17.5. The number of halogens is 1. The smallest absolute Gasteiger partial charge is 0.338 e. The van der Waals surface area contributed by atoms with Gasteiger partial charge in [-0.1, -0.05) is 54.1 Å². The first-order valence-electron chi connectivity index (χ1n) is 11.5. The Labute approximate surface area is 213 Å². The number of para-hydroxylation sites is 1. The number of hydrogen-bond donors (Lipinski definition) is 1. The van der Waals surface area contributed by atoms with Crippen LogP contribution in [0.15, 0.2) is 73.1 Å². The summed E-state index contributed by atoms with van der Waals surface area (Å²) < 4.78 is 19.8. The second kappa shape index (κ2) is 10.0. The minimum atomic E-state index is -1.00. The van der Waals surface area contributed by atoms with Crippen LogP contribution in [0.4, 0.5) is 0 Å². The molecule has 2 unspecified atom stereocenters. The summed E-state index contributed by atoms with van der Waals surface area (Å²) in [5, 5.41) is 14.1. The Morgan fingerprint density at radius 3 is 2.56 bits per heavy atom. The zero-order valence-corrected chi connectivity index (χ0v) is 20.6. The van der Waals surface area contributed by atoms with Crippen molar-refractivity contribution in [3.8, 4) is 22.6 Å². The molecule has 0 fully saturated rings. The number of nitrogens with zero attached hydrogens (tertiary/aromatic N) is 2. The lowest BCUT2D eigenvalue weighted by Gasteiger charge is -2.26. The molecule has 3 aromatic carbocycles. The lowest BCUT2D eigenvalue weighted by molar-refractivity contribution is 0.000238. The molecule has 0 saturated carbocycles. The number of ether oxygens (including phenoxy) is 3. The van der Waals surface area contributed by atoms with E-state index in [0.717, 1.165) is 27.8 Å². The van der Waals surface area contributed by atoms with Crippen LogP contribution in [0.1, 0.15) is 45.7 Å². The molecule has 0 spiro atoms. The van der Waals surface area contributed by atoms with Crippen molar-refractivity contribution in [1.82, 2.24) is 9.78 Å². The highest BCUT2D eigenvalue weighted by Gasteiger charge is 2.32. The highest BCUT2D eigenvalue weighted by molar-refractivity contribution is 6.30. The minimum Gasteiger partial charge on any atom is -0.493 e. The fourth-order valence-corrected chi connectivity index (χ4v) is 4.94. The van der Waals surface area contributed by atoms with Crippen molar-refractivity contribution in [3.63, 3.8) is 0 Å². The molecule has 1 aliphatic heterocycles. The van der Waals surface area contributed by atoms with Gasteiger partial charge in [0.25, 0.3) is 0 Å². The zero-order chi connectivity index (χ0) is 25.2. The molecule has 4 aromatic rings. The van der Waals surface area contributed by atoms with Crippen molar-refractivity contribution in [2.45, 2.75) is 25.2 Å². The second-order valence-electron chi connectivity index (χ2n) is 8.49. The molecule has 1 aliphatic rings. The van der Waals surface area contributed by atoms with Crippen molar-refractivity contribution in [3.05, 3.63) is 100 Å². The number of carbonyl (C=O) groups is 1. The molecule has 8 heteroatoms. The molecule has 0 radical (unpaired) electrons. The molecule has 5 rings (SSSR count). The van der Waals surface area contributed by atoms with Gasteiger partial charge in [-0.2, -0.15) is 5.10 Å². The summed E-state index contributed by atoms with van der Waals surface area (Å²) in [6.45, 7) is 0.478. The third kappa shape index (κ3) is 4.43. The van der Waals surface area contributed by atoms with E-state index in [9.17, 15) is 9.90 Å². The van der Waals surface area contributed by atoms with Gasteiger partial charge in [0.1, 0.15) is 6.10 Å². The quantitative estimate of drug-likeness (QED) is 0.324. The van der Waals surface area contributed by atoms with Gasteiger partial charge in [0, 0.05) is 23.3 Å². The van der Waals surface area contributed by atoms with Crippen LogP contribution in [0.25, 0.3) is 11.1 Å². The molecule has 0 saturated heterocycles. The maximum absolute atomic E-state index is 11.3. The van der Waals surface area contributed by atoms with Crippen LogP contribution in [0.2, 0.25) is 5.02 Å². The first kappa shape index (κ1) is 23.9. The maximum Gasteiger partial charge on any atom is 0.338 e. The lowest BCUT2D eigenvalue weighted by Crippen LogP contribution is -2.14. The van der Waals surface area contributed by atoms with Crippen LogP contribution >= 0.6 is 11.6 Å². The predicted molar refractivity (Wildman–Crippen MR) is 136 cm³/mol. The van der Waals surface area contributed by atoms with Gasteiger partial charge in [-0.05, 0) is 46.9 Å². The second-order valence-corrected chi connectivity index (χ2v) is 8.93. The molecule has 36 heavy (non-hydrogen) atoms. The Balaban J connectivity index is 1.62. The van der Waals surface area contributed by atoms with E-state index in [1.54, 1.807) is 18.9 Å². The fourth-order valence-electron chi connectivity index (χ4n) is 4.76. The summed E-state index contributed by atoms with van der Waals surface area (Å²) in [5.74, 6) is 0.201. The predicted octanol–water partition coefficient (Wildman–Crippen LogP) is 6.17. The van der Waals surface area contributed by atoms with Gasteiger partial charge in [-0.25, -0.2) is 4.79 Å². The number of aromatic nitrogens is 2. The van der Waals surface area contributed by atoms with Crippen LogP contribution in [0, 0.1) is 0 Å². The van der Waals surface area contributed by atoms with E-state index in [0.29, 0.717) is 29.5 Å². The molecule has 2 heterocycles. The molecule has 0 aliphatic carbocycles. The van der Waals surface area contributed by atoms with Crippen molar-refractivity contribution in [2.24, 2.45) is 0 Å². The molecule has 1 N–H and O–H groups in total. The maximum atomic E-state index is 11.3. The zero-order valence-electron chi connectivity index (χ0n) is 19.8. The third-order valence-electron chi connectivity index (χ3n) is 6.41. The number of carboxylic acids is 1. The topological polar surface area (TPSA) is 82.8 Å². The molecule has 7 nitrogen and oxygen atoms in total. The first-order valence-corrected chi connectivity index (χ1v) is 11.9. The van der Waals surface area contributed by atoms with E-state index in [-0.39, 0.29) is 11.7 Å². The van der Waals surface area contributed by atoms with Crippen LogP contribution in [-0.4, -0.2) is 35.1 Å². The highest BCUT2D eigenvalue weighted by atomic mass is 35.5. The average Bonchev–Trinajstić information content (AvgIpc) is 3.33. The van der Waals surface area contributed by atoms with E-state index >= 15 is 0 Å². The molecule has 0 amide bonds. The lowest BCUT2D eigenvalue weighted by atomic mass is 9.90. The summed E-state index contributed by atoms with van der Waals surface area (Å²) in [7, 11) is 3.22. The van der Waals surface area contributed by atoms with Gasteiger partial charge in [-0.3, -0.25) is 4.68 Å². The van der Waals surface area contributed by atoms with Crippen LogP contribution in [0.5, 0.6) is 11.5 Å². The summed E-state index contributed by atoms with van der Waals surface area (Å²) in [6.07, 6.45) is 2.65. The number of benzene rings is 3. The van der Waals surface area contributed by atoms with Gasteiger partial charge in [0.2, 0.25) is 0 Å². The van der Waals surface area contributed by atoms with Gasteiger partial charge in [0.15, 0.2) is 11.5 Å². The third-order valence-corrected chi connectivity index (χ3v) is 6.65. The standard InChI is InChI=1S/C28H25ClN2O5/c1-34-25-9-5-8-22(27(25)35-2)26-23-14-18(29)10-11-20(23)19-6-3-4-7-21(19)24(36-26)12-13-31-16-17(15-30-31)28(32)33/h3-11,14-16,24,26H,12-13H2,1-2H3,(H,32,33). The van der Waals surface area contributed by atoms with Crippen molar-refractivity contribution < 1.29 is 24.1 Å². The Morgan fingerprint density at radius 2 is 1.81 bits per heavy atom. The Bertz CT molecular complexity index is 1420. The van der Waals surface area contributed by atoms with E-state index in [1.165, 1.54) is 12.4 Å². The van der Waals surface area contributed by atoms with Crippen molar-refractivity contribution in [1.29, 1.82) is 0 Å². The van der Waals surface area contributed by atoms with Gasteiger partial charge < -0.3 is 19.3 Å². The minimum absolute atomic E-state index is 0.151. The number of carboxylic acid groups (broad SMARTS) is 1. The number of aryl methyl sites for hydroxylation is 1. The van der Waals surface area contributed by atoms with Crippen LogP contribution in [-0.2, 0) is 11.3 Å². The van der Waals surface area contributed by atoms with E-state index < -0.39 is 12.1 Å². The number of fused-ring (bicyclic) bond motifs is 3. The number of rotatable bonds is 7. The molecular weight excluding hydrogens is 480 g/mol. The summed E-state index contributed by atoms with van der Waals surface area (Å²) in [5.41, 5.74) is 5.03. The molecular formula is C28H25ClN2O5. The SMILES string of the molecule is COc1cccc(C2OC(CCn3cc(C(=O)O)cn3)c3ccccc3-c3ccc(Cl)cc32)c1OC. The van der Waals surface area contributed by atoms with Crippen molar-refractivity contribution in [2.75, 3.05) is 14.2 Å². The summed E-state index contributed by atoms with van der Waals surface area (Å²) in [6, 6.07) is 19.7. The van der Waals surface area contributed by atoms with Crippen molar-refractivity contribution >= 4 is 17.6 Å². The fraction of sp³-hybridized carbons (Fsp3) is 0.214. The summed E-state index contributed by atoms with van der Waals surface area (Å²) >= 11 is 6.48. The Hall–Kier alpha value is -3.81. The molecule has 2 atom stereocenters. The number of hydrogen-bond acceptors (Lipinski definition) is 5. The molecule has 0 bridgehead atoms. The monoisotopic (exact) mass is 504 g/mol.